The lowest BCUT2D eigenvalue weighted by atomic mass is 9.84. The summed E-state index contributed by atoms with van der Waals surface area (Å²) in [6.07, 6.45) is 5.09. The number of piperidine rings is 1. The number of amides is 2. The van der Waals surface area contributed by atoms with E-state index in [-0.39, 0.29) is 29.6 Å². The summed E-state index contributed by atoms with van der Waals surface area (Å²) in [7, 11) is 0. The molecule has 0 radical (unpaired) electrons. The van der Waals surface area contributed by atoms with Crippen LogP contribution in [0.1, 0.15) is 43.6 Å². The molecule has 1 saturated heterocycles. The lowest BCUT2D eigenvalue weighted by molar-refractivity contribution is -0.137. The fraction of sp³-hybridized carbons (Fsp3) is 0.579. The van der Waals surface area contributed by atoms with E-state index in [1.165, 1.54) is 5.56 Å². The molecule has 122 valence electrons. The number of nitrogens with one attached hydrogen (secondary N) is 1. The zero-order chi connectivity index (χ0) is 15.8. The molecule has 1 aromatic carbocycles. The van der Waals surface area contributed by atoms with Gasteiger partial charge in [-0.25, -0.2) is 0 Å². The largest absolute Gasteiger partial charge is 0.353 e. The Morgan fingerprint density at radius 2 is 1.70 bits per heavy atom. The molecule has 1 aromatic rings. The summed E-state index contributed by atoms with van der Waals surface area (Å²) in [5, 5.41) is 3.12. The third-order valence-electron chi connectivity index (χ3n) is 5.25. The van der Waals surface area contributed by atoms with Crippen LogP contribution in [-0.4, -0.2) is 35.8 Å². The van der Waals surface area contributed by atoms with Gasteiger partial charge in [0.05, 0.1) is 5.92 Å². The van der Waals surface area contributed by atoms with Crippen molar-refractivity contribution in [3.8, 4) is 0 Å². The first-order valence-electron chi connectivity index (χ1n) is 8.85. The Morgan fingerprint density at radius 3 is 2.35 bits per heavy atom. The summed E-state index contributed by atoms with van der Waals surface area (Å²) in [5.41, 5.74) is 1.24. The topological polar surface area (TPSA) is 49.4 Å². The molecule has 1 heterocycles. The van der Waals surface area contributed by atoms with Gasteiger partial charge in [-0.15, -0.1) is 0 Å². The molecule has 2 atom stereocenters. The van der Waals surface area contributed by atoms with Crippen molar-refractivity contribution in [2.45, 2.75) is 44.1 Å². The standard InChI is InChI=1S/C19H24N2O2/c22-18(20-17-8-9-17)16-10-15(13-4-2-1-3-5-13)11-21(12-16)19(23)14-6-7-14/h1-5,14-17H,6-12H2,(H,20,22). The Hall–Kier alpha value is -1.84. The van der Waals surface area contributed by atoms with Crippen LogP contribution < -0.4 is 5.32 Å². The highest BCUT2D eigenvalue weighted by molar-refractivity contribution is 5.84. The van der Waals surface area contributed by atoms with Gasteiger partial charge < -0.3 is 10.2 Å². The van der Waals surface area contributed by atoms with Crippen molar-refractivity contribution in [2.24, 2.45) is 11.8 Å². The van der Waals surface area contributed by atoms with Gasteiger partial charge in [-0.3, -0.25) is 9.59 Å². The molecule has 4 heteroatoms. The van der Waals surface area contributed by atoms with E-state index >= 15 is 0 Å². The van der Waals surface area contributed by atoms with Crippen molar-refractivity contribution in [1.82, 2.24) is 10.2 Å². The maximum absolute atomic E-state index is 12.5. The molecule has 2 unspecified atom stereocenters. The van der Waals surface area contributed by atoms with Crippen LogP contribution in [0.4, 0.5) is 0 Å². The van der Waals surface area contributed by atoms with Crippen LogP contribution in [0, 0.1) is 11.8 Å². The first-order chi connectivity index (χ1) is 11.2. The van der Waals surface area contributed by atoms with Crippen LogP contribution in [0.3, 0.4) is 0 Å². The minimum atomic E-state index is -0.0720. The minimum absolute atomic E-state index is 0.0720. The van der Waals surface area contributed by atoms with Crippen LogP contribution >= 0.6 is 0 Å². The maximum Gasteiger partial charge on any atom is 0.225 e. The van der Waals surface area contributed by atoms with E-state index in [4.69, 9.17) is 0 Å². The fourth-order valence-electron chi connectivity index (χ4n) is 3.57. The molecule has 0 bridgehead atoms. The second-order valence-corrected chi connectivity index (χ2v) is 7.34. The number of carbonyl (C=O) groups is 2. The first-order valence-corrected chi connectivity index (χ1v) is 8.85. The molecule has 2 amide bonds. The summed E-state index contributed by atoms with van der Waals surface area (Å²) < 4.78 is 0. The molecule has 23 heavy (non-hydrogen) atoms. The van der Waals surface area contributed by atoms with E-state index < -0.39 is 0 Å². The number of rotatable bonds is 4. The quantitative estimate of drug-likeness (QED) is 0.927. The van der Waals surface area contributed by atoms with E-state index in [2.05, 4.69) is 17.4 Å². The second kappa shape index (κ2) is 5.99. The molecular formula is C19H24N2O2. The maximum atomic E-state index is 12.5. The number of nitrogens with zero attached hydrogens (tertiary/aromatic N) is 1. The van der Waals surface area contributed by atoms with Crippen molar-refractivity contribution in [3.63, 3.8) is 0 Å². The van der Waals surface area contributed by atoms with E-state index in [0.29, 0.717) is 12.6 Å². The molecule has 0 spiro atoms. The summed E-state index contributed by atoms with van der Waals surface area (Å²) >= 11 is 0. The smallest absolute Gasteiger partial charge is 0.225 e. The van der Waals surface area contributed by atoms with Crippen molar-refractivity contribution >= 4 is 11.8 Å². The van der Waals surface area contributed by atoms with Crippen molar-refractivity contribution in [1.29, 1.82) is 0 Å². The van der Waals surface area contributed by atoms with Crippen LogP contribution in [0.25, 0.3) is 0 Å². The second-order valence-electron chi connectivity index (χ2n) is 7.34. The lowest BCUT2D eigenvalue weighted by Gasteiger charge is -2.37. The Morgan fingerprint density at radius 1 is 0.957 bits per heavy atom. The summed E-state index contributed by atoms with van der Waals surface area (Å²) in [6, 6.07) is 10.7. The number of hydrogen-bond acceptors (Lipinski definition) is 2. The van der Waals surface area contributed by atoms with Gasteiger partial charge in [-0.05, 0) is 37.7 Å². The van der Waals surface area contributed by atoms with Crippen molar-refractivity contribution in [2.75, 3.05) is 13.1 Å². The van der Waals surface area contributed by atoms with Crippen LogP contribution in [0.2, 0.25) is 0 Å². The Kier molecular flexibility index (Phi) is 3.83. The molecule has 4 rings (SSSR count). The predicted molar refractivity (Wildman–Crippen MR) is 87.8 cm³/mol. The Bertz CT molecular complexity index is 593. The molecule has 3 fully saturated rings. The highest BCUT2D eigenvalue weighted by atomic mass is 16.2. The Balaban J connectivity index is 1.51. The van der Waals surface area contributed by atoms with Gasteiger partial charge in [0.2, 0.25) is 11.8 Å². The van der Waals surface area contributed by atoms with Crippen LogP contribution in [0.15, 0.2) is 30.3 Å². The van der Waals surface area contributed by atoms with E-state index in [9.17, 15) is 9.59 Å². The minimum Gasteiger partial charge on any atom is -0.353 e. The monoisotopic (exact) mass is 312 g/mol. The average molecular weight is 312 g/mol. The number of benzene rings is 1. The lowest BCUT2D eigenvalue weighted by Crippen LogP contribution is -2.48. The predicted octanol–water partition coefficient (Wildman–Crippen LogP) is 2.31. The highest BCUT2D eigenvalue weighted by Crippen LogP contribution is 2.36. The van der Waals surface area contributed by atoms with Gasteiger partial charge in [0.1, 0.15) is 0 Å². The zero-order valence-corrected chi connectivity index (χ0v) is 13.4. The number of carbonyl (C=O) groups excluding carboxylic acids is 2. The van der Waals surface area contributed by atoms with Crippen molar-refractivity contribution in [3.05, 3.63) is 35.9 Å². The van der Waals surface area contributed by atoms with Gasteiger partial charge in [-0.1, -0.05) is 30.3 Å². The third-order valence-corrected chi connectivity index (χ3v) is 5.25. The average Bonchev–Trinajstić information content (AvgIpc) is 3.47. The summed E-state index contributed by atoms with van der Waals surface area (Å²) in [6.45, 7) is 1.35. The van der Waals surface area contributed by atoms with Gasteiger partial charge in [0.25, 0.3) is 0 Å². The number of hydrogen-bond donors (Lipinski definition) is 1. The van der Waals surface area contributed by atoms with E-state index in [0.717, 1.165) is 38.6 Å². The SMILES string of the molecule is O=C(NC1CC1)C1CC(c2ccccc2)CN(C(=O)C2CC2)C1. The number of likely N-dealkylation sites (tertiary alicyclic amines) is 1. The van der Waals surface area contributed by atoms with Crippen LogP contribution in [0.5, 0.6) is 0 Å². The summed E-state index contributed by atoms with van der Waals surface area (Å²) in [4.78, 5) is 27.0. The normalized spacial score (nSPS) is 27.6. The van der Waals surface area contributed by atoms with Gasteiger partial charge in [0.15, 0.2) is 0 Å². The molecule has 2 saturated carbocycles. The van der Waals surface area contributed by atoms with E-state index in [1.807, 2.05) is 23.1 Å². The molecule has 1 N–H and O–H groups in total. The van der Waals surface area contributed by atoms with Crippen molar-refractivity contribution < 1.29 is 9.59 Å². The van der Waals surface area contributed by atoms with Gasteiger partial charge >= 0.3 is 0 Å². The van der Waals surface area contributed by atoms with Gasteiger partial charge in [-0.2, -0.15) is 0 Å². The highest BCUT2D eigenvalue weighted by Gasteiger charge is 2.40. The first kappa shape index (κ1) is 14.7. The van der Waals surface area contributed by atoms with E-state index in [1.54, 1.807) is 0 Å². The molecule has 4 nitrogen and oxygen atoms in total. The van der Waals surface area contributed by atoms with Crippen LogP contribution in [-0.2, 0) is 9.59 Å². The molecule has 2 aliphatic carbocycles. The summed E-state index contributed by atoms with van der Waals surface area (Å²) in [5.74, 6) is 0.813. The fourth-order valence-corrected chi connectivity index (χ4v) is 3.57. The van der Waals surface area contributed by atoms with Gasteiger partial charge in [0, 0.05) is 31.0 Å². The Labute approximate surface area is 137 Å². The molecule has 1 aliphatic heterocycles. The third kappa shape index (κ3) is 3.41. The molecule has 3 aliphatic rings. The zero-order valence-electron chi connectivity index (χ0n) is 13.4. The molecule has 0 aromatic heterocycles. The molecular weight excluding hydrogens is 288 g/mol.